The molecule has 2 aliphatic heterocycles. The van der Waals surface area contributed by atoms with E-state index in [4.69, 9.17) is 4.74 Å². The van der Waals surface area contributed by atoms with E-state index in [0.717, 1.165) is 58.8 Å². The Hall–Kier alpha value is -4.34. The summed E-state index contributed by atoms with van der Waals surface area (Å²) in [7, 11) is 1.69. The van der Waals surface area contributed by atoms with Crippen LogP contribution in [0.25, 0.3) is 10.4 Å². The highest BCUT2D eigenvalue weighted by atomic mass is 32.1. The molecule has 3 aliphatic rings. The first-order valence-electron chi connectivity index (χ1n) is 15.7. The fourth-order valence-corrected chi connectivity index (χ4v) is 7.66. The lowest BCUT2D eigenvalue weighted by molar-refractivity contribution is 0.0974. The van der Waals surface area contributed by atoms with E-state index < -0.39 is 0 Å². The summed E-state index contributed by atoms with van der Waals surface area (Å²) >= 11 is 1.55. The van der Waals surface area contributed by atoms with Gasteiger partial charge in [0, 0.05) is 54.5 Å². The highest BCUT2D eigenvalue weighted by molar-refractivity contribution is 7.17. The second-order valence-electron chi connectivity index (χ2n) is 12.1. The van der Waals surface area contributed by atoms with Gasteiger partial charge >= 0.3 is 0 Å². The van der Waals surface area contributed by atoms with Crippen LogP contribution in [0.1, 0.15) is 68.1 Å². The van der Waals surface area contributed by atoms with Gasteiger partial charge in [-0.3, -0.25) is 14.4 Å². The number of amides is 2. The van der Waals surface area contributed by atoms with Crippen molar-refractivity contribution in [2.75, 3.05) is 41.9 Å². The van der Waals surface area contributed by atoms with Crippen LogP contribution in [0.3, 0.4) is 0 Å². The first kappa shape index (κ1) is 29.4. The van der Waals surface area contributed by atoms with E-state index in [1.54, 1.807) is 61.0 Å². The highest BCUT2D eigenvalue weighted by Crippen LogP contribution is 2.43. The molecule has 2 aromatic carbocycles. The van der Waals surface area contributed by atoms with Gasteiger partial charge in [0.15, 0.2) is 5.78 Å². The molecular formula is C36H36N4O4S. The van der Waals surface area contributed by atoms with Gasteiger partial charge < -0.3 is 19.9 Å². The third-order valence-corrected chi connectivity index (χ3v) is 10.2. The number of carbonyl (C=O) groups is 3. The number of benzene rings is 2. The molecule has 1 N–H and O–H groups in total. The zero-order chi connectivity index (χ0) is 30.9. The summed E-state index contributed by atoms with van der Waals surface area (Å²) in [6.07, 6.45) is 7.36. The summed E-state index contributed by atoms with van der Waals surface area (Å²) in [6.45, 7) is 1.93. The molecule has 1 aliphatic carbocycles. The van der Waals surface area contributed by atoms with Gasteiger partial charge in [0.05, 0.1) is 28.8 Å². The van der Waals surface area contributed by atoms with Crippen molar-refractivity contribution in [2.24, 2.45) is 5.92 Å². The second-order valence-corrected chi connectivity index (χ2v) is 13.2. The van der Waals surface area contributed by atoms with E-state index >= 15 is 0 Å². The number of fused-ring (bicyclic) bond motifs is 3. The number of thiophene rings is 1. The lowest BCUT2D eigenvalue weighted by Gasteiger charge is -2.26. The van der Waals surface area contributed by atoms with Crippen LogP contribution in [-0.4, -0.2) is 55.4 Å². The van der Waals surface area contributed by atoms with Crippen LogP contribution in [0.5, 0.6) is 0 Å². The number of nitrogens with one attached hydrogen (secondary N) is 1. The molecule has 7 rings (SSSR count). The Labute approximate surface area is 267 Å². The Bertz CT molecular complexity index is 1750. The number of ketones is 1. The molecule has 1 atom stereocenters. The molecule has 0 spiro atoms. The number of para-hydroxylation sites is 1. The Morgan fingerprint density at radius 2 is 1.82 bits per heavy atom. The standard InChI is InChI=1S/C36H36N4O4S/c1-44-22-27-6-5-18-39(27)34-29(8-4-17-37-34)35(42)38-26-14-12-24(13-15-26)36(43)40-19-16-25-21-32(31(41)20-23-10-11-23)45-33(25)28-7-2-3-9-30(28)40/h2-4,7-9,12-15,17,21,23,27H,5-6,10-11,16,18-20,22H2,1H3,(H,38,42)/t27-/m0/s1. The van der Waals surface area contributed by atoms with Crippen LogP contribution in [-0.2, 0) is 11.2 Å². The molecule has 0 bridgehead atoms. The maximum Gasteiger partial charge on any atom is 0.259 e. The van der Waals surface area contributed by atoms with E-state index in [1.807, 2.05) is 35.2 Å². The molecule has 230 valence electrons. The molecule has 8 nitrogen and oxygen atoms in total. The first-order chi connectivity index (χ1) is 22.0. The monoisotopic (exact) mass is 620 g/mol. The minimum absolute atomic E-state index is 0.103. The van der Waals surface area contributed by atoms with Crippen molar-refractivity contribution in [1.82, 2.24) is 4.98 Å². The normalized spacial score (nSPS) is 17.4. The number of nitrogens with zero attached hydrogens (tertiary/aromatic N) is 3. The van der Waals surface area contributed by atoms with Crippen molar-refractivity contribution in [2.45, 2.75) is 44.6 Å². The number of rotatable bonds is 9. The molecule has 0 radical (unpaired) electrons. The molecule has 2 aromatic heterocycles. The predicted octanol–water partition coefficient (Wildman–Crippen LogP) is 6.86. The fourth-order valence-electron chi connectivity index (χ4n) is 6.46. The number of aromatic nitrogens is 1. The number of hydrogen-bond donors (Lipinski definition) is 1. The van der Waals surface area contributed by atoms with Crippen LogP contribution in [0.2, 0.25) is 0 Å². The van der Waals surface area contributed by atoms with E-state index in [9.17, 15) is 14.4 Å². The molecule has 45 heavy (non-hydrogen) atoms. The molecule has 0 unspecified atom stereocenters. The van der Waals surface area contributed by atoms with E-state index in [2.05, 4.69) is 15.2 Å². The predicted molar refractivity (Wildman–Crippen MR) is 178 cm³/mol. The summed E-state index contributed by atoms with van der Waals surface area (Å²) < 4.78 is 5.40. The molecule has 1 saturated carbocycles. The first-order valence-corrected chi connectivity index (χ1v) is 16.5. The number of pyridine rings is 1. The smallest absolute Gasteiger partial charge is 0.259 e. The number of Topliss-reactive ketones (excluding diaryl/α,β-unsaturated/α-hetero) is 1. The summed E-state index contributed by atoms with van der Waals surface area (Å²) in [5.41, 5.74) is 4.59. The Morgan fingerprint density at radius 1 is 1.00 bits per heavy atom. The van der Waals surface area contributed by atoms with Crippen molar-refractivity contribution < 1.29 is 19.1 Å². The molecule has 2 fully saturated rings. The van der Waals surface area contributed by atoms with Crippen LogP contribution < -0.4 is 15.1 Å². The van der Waals surface area contributed by atoms with Crippen LogP contribution >= 0.6 is 11.3 Å². The molecule has 2 amide bonds. The van der Waals surface area contributed by atoms with E-state index in [-0.39, 0.29) is 23.6 Å². The SMILES string of the molecule is COC[C@@H]1CCCN1c1ncccc1C(=O)Nc1ccc(C(=O)N2CCc3cc(C(=O)CC4CC4)sc3-c3ccccc32)cc1. The molecule has 4 heterocycles. The topological polar surface area (TPSA) is 91.8 Å². The number of hydrogen-bond acceptors (Lipinski definition) is 7. The van der Waals surface area contributed by atoms with E-state index in [1.165, 1.54) is 0 Å². The van der Waals surface area contributed by atoms with Crippen molar-refractivity contribution in [1.29, 1.82) is 0 Å². The molecular weight excluding hydrogens is 584 g/mol. The average molecular weight is 621 g/mol. The quantitative estimate of drug-likeness (QED) is 0.206. The number of methoxy groups -OCH3 is 1. The molecule has 4 aromatic rings. The van der Waals surface area contributed by atoms with Gasteiger partial charge in [-0.1, -0.05) is 18.2 Å². The van der Waals surface area contributed by atoms with E-state index in [0.29, 0.717) is 54.5 Å². The Kier molecular flexibility index (Phi) is 8.21. The van der Waals surface area contributed by atoms with Gasteiger partial charge in [-0.05, 0) is 92.1 Å². The average Bonchev–Trinajstić information content (AvgIpc) is 3.63. The zero-order valence-corrected chi connectivity index (χ0v) is 26.1. The van der Waals surface area contributed by atoms with Crippen molar-refractivity contribution in [3.8, 4) is 10.4 Å². The van der Waals surface area contributed by atoms with Gasteiger partial charge in [0.1, 0.15) is 5.82 Å². The summed E-state index contributed by atoms with van der Waals surface area (Å²) in [5, 5.41) is 2.99. The number of carbonyl (C=O) groups excluding carboxylic acids is 3. The lowest BCUT2D eigenvalue weighted by Crippen LogP contribution is -2.35. The fraction of sp³-hybridized carbons (Fsp3) is 0.333. The summed E-state index contributed by atoms with van der Waals surface area (Å²) in [4.78, 5) is 50.6. The minimum Gasteiger partial charge on any atom is -0.383 e. The highest BCUT2D eigenvalue weighted by Gasteiger charge is 2.31. The maximum absolute atomic E-state index is 13.9. The van der Waals surface area contributed by atoms with Crippen LogP contribution in [0.15, 0.2) is 72.9 Å². The van der Waals surface area contributed by atoms with Gasteiger partial charge in [-0.2, -0.15) is 0 Å². The Morgan fingerprint density at radius 3 is 2.62 bits per heavy atom. The summed E-state index contributed by atoms with van der Waals surface area (Å²) in [6, 6.07) is 20.8. The zero-order valence-electron chi connectivity index (χ0n) is 25.3. The van der Waals surface area contributed by atoms with Gasteiger partial charge in [-0.25, -0.2) is 4.98 Å². The maximum atomic E-state index is 13.9. The van der Waals surface area contributed by atoms with Crippen LogP contribution in [0.4, 0.5) is 17.2 Å². The van der Waals surface area contributed by atoms with Gasteiger partial charge in [-0.15, -0.1) is 11.3 Å². The lowest BCUT2D eigenvalue weighted by atomic mass is 10.1. The van der Waals surface area contributed by atoms with Gasteiger partial charge in [0.25, 0.3) is 11.8 Å². The van der Waals surface area contributed by atoms with Gasteiger partial charge in [0.2, 0.25) is 0 Å². The van der Waals surface area contributed by atoms with Crippen LogP contribution in [0, 0.1) is 5.92 Å². The number of anilines is 3. The van der Waals surface area contributed by atoms with Crippen molar-refractivity contribution >= 4 is 46.1 Å². The summed E-state index contributed by atoms with van der Waals surface area (Å²) in [5.74, 6) is 1.10. The third kappa shape index (κ3) is 6.02. The molecule has 9 heteroatoms. The molecule has 1 saturated heterocycles. The minimum atomic E-state index is -0.247. The number of ether oxygens (including phenoxy) is 1. The largest absolute Gasteiger partial charge is 0.383 e. The third-order valence-electron chi connectivity index (χ3n) is 8.97. The van der Waals surface area contributed by atoms with Crippen molar-refractivity contribution in [3.05, 3.63) is 94.5 Å². The second kappa shape index (κ2) is 12.6. The Balaban J connectivity index is 1.08. The van der Waals surface area contributed by atoms with Crippen molar-refractivity contribution in [3.63, 3.8) is 0 Å².